The third-order valence-electron chi connectivity index (χ3n) is 4.52. The number of rotatable bonds is 5. The Morgan fingerprint density at radius 1 is 1.32 bits per heavy atom. The summed E-state index contributed by atoms with van der Waals surface area (Å²) in [6, 6.07) is 2.14. The maximum absolute atomic E-state index is 14.3. The number of fused-ring (bicyclic) bond motifs is 1. The van der Waals surface area contributed by atoms with Crippen molar-refractivity contribution >= 4 is 27.5 Å². The van der Waals surface area contributed by atoms with Crippen LogP contribution in [0.1, 0.15) is 39.0 Å². The first kappa shape index (κ1) is 18.2. The van der Waals surface area contributed by atoms with Gasteiger partial charge in [0.2, 0.25) is 0 Å². The zero-order valence-corrected chi connectivity index (χ0v) is 15.1. The third kappa shape index (κ3) is 4.15. The quantitative estimate of drug-likeness (QED) is 0.748. The number of hydrogen-bond donors (Lipinski definition) is 0. The second-order valence-electron chi connectivity index (χ2n) is 6.25. The van der Waals surface area contributed by atoms with Crippen molar-refractivity contribution in [2.45, 2.75) is 45.6 Å². The average molecular weight is 368 g/mol. The van der Waals surface area contributed by atoms with E-state index in [-0.39, 0.29) is 17.3 Å². The number of thiazole rings is 1. The number of aromatic nitrogens is 1. The lowest BCUT2D eigenvalue weighted by Crippen LogP contribution is -2.23. The van der Waals surface area contributed by atoms with E-state index >= 15 is 0 Å². The fourth-order valence-electron chi connectivity index (χ4n) is 3.26. The minimum absolute atomic E-state index is 0.0547. The van der Waals surface area contributed by atoms with E-state index in [1.54, 1.807) is 4.57 Å². The normalized spacial score (nSPS) is 16.7. The van der Waals surface area contributed by atoms with E-state index in [2.05, 4.69) is 4.99 Å². The Kier molecular flexibility index (Phi) is 5.96. The lowest BCUT2D eigenvalue weighted by molar-refractivity contribution is -0.122. The highest BCUT2D eigenvalue weighted by Gasteiger charge is 2.21. The van der Waals surface area contributed by atoms with Crippen LogP contribution in [0.25, 0.3) is 10.2 Å². The van der Waals surface area contributed by atoms with Gasteiger partial charge in [0.15, 0.2) is 10.6 Å². The van der Waals surface area contributed by atoms with Crippen molar-refractivity contribution in [3.63, 3.8) is 0 Å². The van der Waals surface area contributed by atoms with Gasteiger partial charge in [-0.15, -0.1) is 0 Å². The van der Waals surface area contributed by atoms with Crippen LogP contribution in [0.3, 0.4) is 0 Å². The molecule has 0 aliphatic heterocycles. The first-order chi connectivity index (χ1) is 12.1. The molecule has 136 valence electrons. The standard InChI is InChI=1S/C18H22F2N2O2S/c1-2-24-9-8-22-16-14(20)10-13(19)11-15(16)25-18(22)21-17(23)12-6-4-3-5-7-12/h10-12H,2-9H2,1H3. The van der Waals surface area contributed by atoms with Crippen molar-refractivity contribution in [1.82, 2.24) is 4.57 Å². The molecule has 0 radical (unpaired) electrons. The van der Waals surface area contributed by atoms with Crippen molar-refractivity contribution in [2.75, 3.05) is 13.2 Å². The van der Waals surface area contributed by atoms with Crippen LogP contribution in [-0.4, -0.2) is 23.7 Å². The van der Waals surface area contributed by atoms with E-state index in [4.69, 9.17) is 4.74 Å². The summed E-state index contributed by atoms with van der Waals surface area (Å²) >= 11 is 1.14. The Morgan fingerprint density at radius 3 is 2.80 bits per heavy atom. The number of benzene rings is 1. The fourth-order valence-corrected chi connectivity index (χ4v) is 4.36. The zero-order chi connectivity index (χ0) is 17.8. The number of ether oxygens (including phenoxy) is 1. The van der Waals surface area contributed by atoms with Crippen LogP contribution in [0.4, 0.5) is 8.78 Å². The summed E-state index contributed by atoms with van der Waals surface area (Å²) in [6.45, 7) is 3.18. The molecule has 3 rings (SSSR count). The molecule has 0 spiro atoms. The Hall–Kier alpha value is -1.60. The Balaban J connectivity index is 2.02. The molecule has 1 fully saturated rings. The smallest absolute Gasteiger partial charge is 0.251 e. The number of carbonyl (C=O) groups is 1. The second-order valence-corrected chi connectivity index (χ2v) is 7.26. The van der Waals surface area contributed by atoms with E-state index in [1.807, 2.05) is 6.92 Å². The summed E-state index contributed by atoms with van der Waals surface area (Å²) in [7, 11) is 0. The molecule has 7 heteroatoms. The predicted molar refractivity (Wildman–Crippen MR) is 93.4 cm³/mol. The number of carbonyl (C=O) groups excluding carboxylic acids is 1. The molecule has 1 aliphatic carbocycles. The van der Waals surface area contributed by atoms with E-state index in [0.717, 1.165) is 49.5 Å². The molecule has 1 aliphatic rings. The van der Waals surface area contributed by atoms with E-state index in [0.29, 0.717) is 29.3 Å². The minimum Gasteiger partial charge on any atom is -0.380 e. The van der Waals surface area contributed by atoms with Crippen molar-refractivity contribution in [3.05, 3.63) is 28.6 Å². The third-order valence-corrected chi connectivity index (χ3v) is 5.54. The van der Waals surface area contributed by atoms with Gasteiger partial charge in [0.1, 0.15) is 5.82 Å². The summed E-state index contributed by atoms with van der Waals surface area (Å²) in [5.41, 5.74) is 0.279. The molecule has 1 amide bonds. The summed E-state index contributed by atoms with van der Waals surface area (Å²) in [5.74, 6) is -1.49. The highest BCUT2D eigenvalue weighted by Crippen LogP contribution is 2.25. The van der Waals surface area contributed by atoms with Gasteiger partial charge in [-0.3, -0.25) is 4.79 Å². The van der Waals surface area contributed by atoms with Gasteiger partial charge in [-0.1, -0.05) is 30.6 Å². The van der Waals surface area contributed by atoms with E-state index in [1.165, 1.54) is 6.07 Å². The molecule has 0 atom stereocenters. The number of nitrogens with zero attached hydrogens (tertiary/aromatic N) is 2. The summed E-state index contributed by atoms with van der Waals surface area (Å²) in [5, 5.41) is 0. The summed E-state index contributed by atoms with van der Waals surface area (Å²) < 4.78 is 35.3. The first-order valence-corrected chi connectivity index (χ1v) is 9.56. The Morgan fingerprint density at radius 2 is 2.08 bits per heavy atom. The molecular weight excluding hydrogens is 346 g/mol. The molecule has 1 aromatic heterocycles. The Labute approximate surface area is 149 Å². The minimum atomic E-state index is -0.644. The van der Waals surface area contributed by atoms with Gasteiger partial charge in [0.25, 0.3) is 5.91 Å². The van der Waals surface area contributed by atoms with Gasteiger partial charge in [-0.05, 0) is 25.8 Å². The molecular formula is C18H22F2N2O2S. The molecule has 4 nitrogen and oxygen atoms in total. The van der Waals surface area contributed by atoms with Gasteiger partial charge in [-0.2, -0.15) is 4.99 Å². The van der Waals surface area contributed by atoms with Crippen molar-refractivity contribution in [1.29, 1.82) is 0 Å². The van der Waals surface area contributed by atoms with Gasteiger partial charge in [0.05, 0.1) is 16.8 Å². The second kappa shape index (κ2) is 8.19. The predicted octanol–water partition coefficient (Wildman–Crippen LogP) is 4.03. The summed E-state index contributed by atoms with van der Waals surface area (Å²) in [4.78, 5) is 17.2. The SMILES string of the molecule is CCOCCn1c(=NC(=O)C2CCCCC2)sc2cc(F)cc(F)c21. The maximum atomic E-state index is 14.3. The van der Waals surface area contributed by atoms with Gasteiger partial charge < -0.3 is 9.30 Å². The molecule has 0 N–H and O–H groups in total. The first-order valence-electron chi connectivity index (χ1n) is 8.75. The molecule has 0 saturated heterocycles. The van der Waals surface area contributed by atoms with Crippen LogP contribution >= 0.6 is 11.3 Å². The highest BCUT2D eigenvalue weighted by atomic mass is 32.1. The molecule has 0 unspecified atom stereocenters. The maximum Gasteiger partial charge on any atom is 0.251 e. The molecule has 1 aromatic carbocycles. The van der Waals surface area contributed by atoms with E-state index in [9.17, 15) is 13.6 Å². The topological polar surface area (TPSA) is 43.6 Å². The fraction of sp³-hybridized carbons (Fsp3) is 0.556. The number of hydrogen-bond acceptors (Lipinski definition) is 3. The number of amides is 1. The van der Waals surface area contributed by atoms with E-state index < -0.39 is 11.6 Å². The van der Waals surface area contributed by atoms with Crippen LogP contribution < -0.4 is 4.80 Å². The molecule has 2 aromatic rings. The van der Waals surface area contributed by atoms with Crippen LogP contribution in [0, 0.1) is 17.6 Å². The molecule has 25 heavy (non-hydrogen) atoms. The van der Waals surface area contributed by atoms with Crippen LogP contribution in [0.5, 0.6) is 0 Å². The van der Waals surface area contributed by atoms with Gasteiger partial charge in [0, 0.05) is 25.1 Å². The monoisotopic (exact) mass is 368 g/mol. The van der Waals surface area contributed by atoms with Gasteiger partial charge in [-0.25, -0.2) is 8.78 Å². The van der Waals surface area contributed by atoms with Crippen molar-refractivity contribution in [3.8, 4) is 0 Å². The van der Waals surface area contributed by atoms with Crippen molar-refractivity contribution < 1.29 is 18.3 Å². The van der Waals surface area contributed by atoms with Crippen LogP contribution in [-0.2, 0) is 16.1 Å². The summed E-state index contributed by atoms with van der Waals surface area (Å²) in [6.07, 6.45) is 4.96. The molecule has 1 saturated carbocycles. The lowest BCUT2D eigenvalue weighted by Gasteiger charge is -2.17. The lowest BCUT2D eigenvalue weighted by atomic mass is 9.89. The molecule has 1 heterocycles. The van der Waals surface area contributed by atoms with Crippen LogP contribution in [0.15, 0.2) is 17.1 Å². The van der Waals surface area contributed by atoms with Crippen LogP contribution in [0.2, 0.25) is 0 Å². The molecule has 0 bridgehead atoms. The van der Waals surface area contributed by atoms with Gasteiger partial charge >= 0.3 is 0 Å². The highest BCUT2D eigenvalue weighted by molar-refractivity contribution is 7.16. The zero-order valence-electron chi connectivity index (χ0n) is 14.3. The largest absolute Gasteiger partial charge is 0.380 e. The Bertz CT molecular complexity index is 822. The number of halogens is 2. The average Bonchev–Trinajstić information content (AvgIpc) is 2.93. The van der Waals surface area contributed by atoms with Crippen molar-refractivity contribution in [2.24, 2.45) is 10.9 Å².